The Morgan fingerprint density at radius 2 is 0.305 bits per heavy atom. The van der Waals surface area contributed by atoms with Crippen LogP contribution in [0, 0.1) is 0 Å². The van der Waals surface area contributed by atoms with Gasteiger partial charge in [0.1, 0.15) is 33.5 Å². The minimum Gasteiger partial charge on any atom is -0.456 e. The van der Waals surface area contributed by atoms with Gasteiger partial charge in [0, 0.05) is 32.3 Å². The van der Waals surface area contributed by atoms with Crippen molar-refractivity contribution in [1.29, 1.82) is 0 Å². The van der Waals surface area contributed by atoms with Crippen molar-refractivity contribution in [3.05, 3.63) is 510 Å². The topological polar surface area (TPSA) is 39.4 Å². The van der Waals surface area contributed by atoms with Gasteiger partial charge in [-0.15, -0.1) is 0 Å². The normalized spacial score (nSPS) is 11.8. The molecule has 3 heterocycles. The van der Waals surface area contributed by atoms with Gasteiger partial charge >= 0.3 is 0 Å². The van der Waals surface area contributed by atoms with Gasteiger partial charge in [-0.2, -0.15) is 0 Å². The van der Waals surface area contributed by atoms with Gasteiger partial charge in [-0.05, 0) is 296 Å². The third kappa shape index (κ3) is 13.6. The molecule has 0 aliphatic heterocycles. The second kappa shape index (κ2) is 33.2. The summed E-state index contributed by atoms with van der Waals surface area (Å²) in [6.07, 6.45) is 0. The number of benzene rings is 27. The van der Waals surface area contributed by atoms with Crippen LogP contribution in [-0.2, 0) is 0 Å². The highest BCUT2D eigenvalue weighted by molar-refractivity contribution is 6.27. The third-order valence-corrected chi connectivity index (χ3v) is 29.6. The maximum Gasteiger partial charge on any atom is 0.135 e. The molecule has 0 saturated heterocycles. The summed E-state index contributed by atoms with van der Waals surface area (Å²) < 4.78 is 18.5. The molecule has 0 spiro atoms. The molecule has 0 aliphatic rings. The van der Waals surface area contributed by atoms with Crippen LogP contribution in [-0.4, -0.2) is 0 Å². The third-order valence-electron chi connectivity index (χ3n) is 29.6. The van der Waals surface area contributed by atoms with Gasteiger partial charge in [-0.25, -0.2) is 0 Å². The first-order chi connectivity index (χ1) is 69.9. The maximum atomic E-state index is 6.18. The summed E-state index contributed by atoms with van der Waals surface area (Å²) in [5.74, 6) is 0. The van der Waals surface area contributed by atoms with E-state index in [1.54, 1.807) is 0 Å². The molecule has 0 unspecified atom stereocenters. The van der Waals surface area contributed by atoms with Gasteiger partial charge in [0.25, 0.3) is 0 Å². The van der Waals surface area contributed by atoms with Crippen LogP contribution in [0.4, 0.5) is 0 Å². The molecule has 3 aromatic heterocycles. The average molecular weight is 1790 g/mol. The van der Waals surface area contributed by atoms with Crippen LogP contribution in [0.1, 0.15) is 0 Å². The van der Waals surface area contributed by atoms with Gasteiger partial charge in [-0.3, -0.25) is 0 Å². The molecule has 0 N–H and O–H groups in total. The van der Waals surface area contributed by atoms with Crippen LogP contribution in [0.3, 0.4) is 0 Å². The van der Waals surface area contributed by atoms with Crippen molar-refractivity contribution in [1.82, 2.24) is 0 Å². The molecule has 0 amide bonds. The molecule has 0 radical (unpaired) electrons. The van der Waals surface area contributed by atoms with E-state index in [0.29, 0.717) is 0 Å². The molecule has 30 rings (SSSR count). The zero-order valence-corrected chi connectivity index (χ0v) is 76.7. The Balaban J connectivity index is 0.000000104. The molecular weight excluding hydrogens is 1710 g/mol. The fourth-order valence-corrected chi connectivity index (χ4v) is 23.0. The quantitative estimate of drug-likeness (QED) is 0.107. The molecule has 0 atom stereocenters. The molecule has 0 saturated carbocycles. The Labute approximate surface area is 812 Å². The Bertz CT molecular complexity index is 10200. The Morgan fingerprint density at radius 1 is 0.0922 bits per heavy atom. The number of hydrogen-bond acceptors (Lipinski definition) is 3. The highest BCUT2D eigenvalue weighted by Crippen LogP contribution is 2.51. The Morgan fingerprint density at radius 3 is 0.674 bits per heavy atom. The summed E-state index contributed by atoms with van der Waals surface area (Å²) in [6, 6.07) is 185. The second-order valence-corrected chi connectivity index (χ2v) is 37.3. The highest BCUT2D eigenvalue weighted by Gasteiger charge is 2.25. The van der Waals surface area contributed by atoms with Crippen LogP contribution >= 0.6 is 0 Å². The van der Waals surface area contributed by atoms with Crippen LogP contribution < -0.4 is 0 Å². The van der Waals surface area contributed by atoms with E-state index in [1.165, 1.54) is 229 Å². The van der Waals surface area contributed by atoms with Crippen molar-refractivity contribution in [2.75, 3.05) is 0 Å². The zero-order chi connectivity index (χ0) is 92.7. The van der Waals surface area contributed by atoms with E-state index in [-0.39, 0.29) is 0 Å². The first kappa shape index (κ1) is 80.9. The van der Waals surface area contributed by atoms with Crippen LogP contribution in [0.25, 0.3) is 295 Å². The molecular formula is C138H84O3. The predicted molar refractivity (Wildman–Crippen MR) is 600 cm³/mol. The predicted octanol–water partition coefficient (Wildman–Crippen LogP) is 39.6. The van der Waals surface area contributed by atoms with Gasteiger partial charge in [0.05, 0.1) is 0 Å². The van der Waals surface area contributed by atoms with E-state index < -0.39 is 0 Å². The molecule has 3 nitrogen and oxygen atoms in total. The number of fused-ring (bicyclic) bond motifs is 24. The van der Waals surface area contributed by atoms with Gasteiger partial charge in [-0.1, -0.05) is 443 Å². The monoisotopic (exact) mass is 1790 g/mol. The van der Waals surface area contributed by atoms with Crippen LogP contribution in [0.15, 0.2) is 523 Å². The number of para-hydroxylation sites is 3. The molecule has 0 fully saturated rings. The van der Waals surface area contributed by atoms with Crippen molar-refractivity contribution in [2.45, 2.75) is 0 Å². The minimum atomic E-state index is 0.916. The largest absolute Gasteiger partial charge is 0.456 e. The summed E-state index contributed by atoms with van der Waals surface area (Å²) in [4.78, 5) is 0. The molecule has 141 heavy (non-hydrogen) atoms. The van der Waals surface area contributed by atoms with E-state index in [0.717, 1.165) is 65.8 Å². The first-order valence-electron chi connectivity index (χ1n) is 48.5. The molecule has 3 heteroatoms. The molecule has 30 aromatic rings. The summed E-state index contributed by atoms with van der Waals surface area (Å²) in [6.45, 7) is 0. The summed E-state index contributed by atoms with van der Waals surface area (Å²) in [5, 5.41) is 37.3. The average Bonchev–Trinajstić information content (AvgIpc) is 1.41. The van der Waals surface area contributed by atoms with Crippen molar-refractivity contribution < 1.29 is 13.3 Å². The summed E-state index contributed by atoms with van der Waals surface area (Å²) >= 11 is 0. The standard InChI is InChI=1S/3C46H28O/c1-2-11-33-29(10-1)24-26-36-34(17-9-18-35(33)36)30-20-22-31(23-21-30)45-38-13-3-5-15-40(38)46(41-16-6-4-14-39(41)45)32-25-27-44-42(28-32)37-12-7-8-19-43(37)47-44;1-2-10-35-30(9-1)19-20-31-21-24-33(27-41(31)35)29-17-22-32(23-18-29)45-37-12-3-5-14-39(37)46(40-15-6-4-13-38(40)45)34-25-26-44-42(28-34)36-11-7-8-16-43(36)47-44;1-2-10-35-30(9-1)19-22-33-27-32(23-25-36(33)35)29-17-20-31(21-18-29)45-38-12-3-5-14-40(38)46(41-15-6-4-13-39(41)45)34-24-26-44-42(28-34)37-11-7-8-16-43(37)47-44/h3*1-28H. The van der Waals surface area contributed by atoms with Gasteiger partial charge in [0.2, 0.25) is 0 Å². The zero-order valence-electron chi connectivity index (χ0n) is 76.7. The van der Waals surface area contributed by atoms with Crippen molar-refractivity contribution in [3.63, 3.8) is 0 Å². The van der Waals surface area contributed by atoms with E-state index >= 15 is 0 Å². The summed E-state index contributed by atoms with van der Waals surface area (Å²) in [7, 11) is 0. The Kier molecular flexibility index (Phi) is 19.0. The highest BCUT2D eigenvalue weighted by atomic mass is 16.3. The van der Waals surface area contributed by atoms with Gasteiger partial charge in [0.15, 0.2) is 0 Å². The fourth-order valence-electron chi connectivity index (χ4n) is 23.0. The van der Waals surface area contributed by atoms with Crippen molar-refractivity contribution in [3.8, 4) is 100 Å². The lowest BCUT2D eigenvalue weighted by Crippen LogP contribution is -1.91. The smallest absolute Gasteiger partial charge is 0.135 e. The van der Waals surface area contributed by atoms with E-state index in [4.69, 9.17) is 13.3 Å². The SMILES string of the molecule is c1ccc2c(c1)ccc1c(-c3ccc(-c4c5ccccc5c(-c5ccc6oc7ccccc7c6c5)c5ccccc45)cc3)cccc12.c1ccc2c(c1)ccc1cc(-c3ccc(-c4c5ccccc5c(-c5ccc6oc7ccccc7c6c5)c5ccccc45)cc3)ccc12.c1ccc2c(c1)ccc1ccc(-c3ccc(-c4c5ccccc5c(-c5ccc6oc7ccccc7c6c5)c5ccccc45)cc3)cc12. The number of furan rings is 3. The molecule has 27 aromatic carbocycles. The summed E-state index contributed by atoms with van der Waals surface area (Å²) in [5.41, 5.74) is 27.7. The van der Waals surface area contributed by atoms with Crippen LogP contribution in [0.5, 0.6) is 0 Å². The lowest BCUT2D eigenvalue weighted by Gasteiger charge is -2.18. The van der Waals surface area contributed by atoms with Gasteiger partial charge < -0.3 is 13.3 Å². The lowest BCUT2D eigenvalue weighted by atomic mass is 9.85. The fraction of sp³-hybridized carbons (Fsp3) is 0. The van der Waals surface area contributed by atoms with E-state index in [1.807, 2.05) is 36.4 Å². The van der Waals surface area contributed by atoms with Crippen molar-refractivity contribution >= 4 is 195 Å². The van der Waals surface area contributed by atoms with Crippen molar-refractivity contribution in [2.24, 2.45) is 0 Å². The van der Waals surface area contributed by atoms with E-state index in [9.17, 15) is 0 Å². The first-order valence-corrected chi connectivity index (χ1v) is 48.5. The second-order valence-electron chi connectivity index (χ2n) is 37.3. The molecule has 0 bridgehead atoms. The Hall–Kier alpha value is -18.5. The maximum absolute atomic E-state index is 6.18. The minimum absolute atomic E-state index is 0.916. The lowest BCUT2D eigenvalue weighted by molar-refractivity contribution is 0.668. The number of rotatable bonds is 9. The molecule has 0 aliphatic carbocycles. The van der Waals surface area contributed by atoms with E-state index in [2.05, 4.69) is 473 Å². The molecule has 654 valence electrons. The number of hydrogen-bond donors (Lipinski definition) is 0. The van der Waals surface area contributed by atoms with Crippen LogP contribution in [0.2, 0.25) is 0 Å².